The number of carboxylic acids is 1. The fourth-order valence-electron chi connectivity index (χ4n) is 1.39. The highest BCUT2D eigenvalue weighted by atomic mass is 16.5. The molecule has 0 radical (unpaired) electrons. The van der Waals surface area contributed by atoms with Crippen molar-refractivity contribution >= 4 is 11.9 Å². The molecule has 0 aromatic rings. The molecule has 0 aromatic carbocycles. The van der Waals surface area contributed by atoms with Crippen molar-refractivity contribution in [1.29, 1.82) is 0 Å². The number of rotatable bonds is 3. The van der Waals surface area contributed by atoms with Gasteiger partial charge >= 0.3 is 5.97 Å². The minimum absolute atomic E-state index is 0.0509. The van der Waals surface area contributed by atoms with Gasteiger partial charge in [-0.25, -0.2) is 4.79 Å². The maximum Gasteiger partial charge on any atom is 0.332 e. The van der Waals surface area contributed by atoms with E-state index in [-0.39, 0.29) is 11.9 Å². The molecule has 5 nitrogen and oxygen atoms in total. The van der Waals surface area contributed by atoms with Crippen LogP contribution in [0.5, 0.6) is 0 Å². The van der Waals surface area contributed by atoms with Crippen LogP contribution in [0, 0.1) is 0 Å². The summed E-state index contributed by atoms with van der Waals surface area (Å²) >= 11 is 0. The molecule has 2 atom stereocenters. The number of amides is 1. The quantitative estimate of drug-likeness (QED) is 0.681. The zero-order chi connectivity index (χ0) is 10.7. The van der Waals surface area contributed by atoms with E-state index in [0.29, 0.717) is 12.8 Å². The van der Waals surface area contributed by atoms with Gasteiger partial charge in [-0.15, -0.1) is 0 Å². The van der Waals surface area contributed by atoms with E-state index >= 15 is 0 Å². The zero-order valence-corrected chi connectivity index (χ0v) is 8.32. The Morgan fingerprint density at radius 3 is 2.36 bits per heavy atom. The number of carboxylic acid groups (broad SMARTS) is 1. The molecule has 1 fully saturated rings. The minimum Gasteiger partial charge on any atom is -0.479 e. The van der Waals surface area contributed by atoms with Crippen LogP contribution < -0.4 is 5.32 Å². The van der Waals surface area contributed by atoms with Gasteiger partial charge in [-0.2, -0.15) is 0 Å². The summed E-state index contributed by atoms with van der Waals surface area (Å²) in [4.78, 5) is 21.9. The molecule has 1 amide bonds. The summed E-state index contributed by atoms with van der Waals surface area (Å²) in [6, 6.07) is 0.0509. The number of nitrogens with one attached hydrogen (secondary N) is 1. The third-order valence-electron chi connectivity index (χ3n) is 2.02. The van der Waals surface area contributed by atoms with Gasteiger partial charge in [0.15, 0.2) is 6.10 Å². The zero-order valence-electron chi connectivity index (χ0n) is 8.32. The highest BCUT2D eigenvalue weighted by Crippen LogP contribution is 2.19. The molecule has 1 heterocycles. The van der Waals surface area contributed by atoms with Gasteiger partial charge in [0.05, 0.1) is 0 Å². The number of ether oxygens (including phenoxy) is 1. The Bertz CT molecular complexity index is 239. The third kappa shape index (κ3) is 2.70. The summed E-state index contributed by atoms with van der Waals surface area (Å²) in [6.07, 6.45) is -0.530. The minimum atomic E-state index is -0.996. The summed E-state index contributed by atoms with van der Waals surface area (Å²) in [6.45, 7) is 3.70. The Kier molecular flexibility index (Phi) is 3.46. The largest absolute Gasteiger partial charge is 0.479 e. The van der Waals surface area contributed by atoms with E-state index in [9.17, 15) is 9.59 Å². The van der Waals surface area contributed by atoms with E-state index in [1.807, 2.05) is 13.8 Å². The van der Waals surface area contributed by atoms with Gasteiger partial charge < -0.3 is 15.2 Å². The van der Waals surface area contributed by atoms with E-state index in [1.54, 1.807) is 0 Å². The smallest absolute Gasteiger partial charge is 0.332 e. The summed E-state index contributed by atoms with van der Waals surface area (Å²) < 4.78 is 5.07. The second-order valence-electron chi connectivity index (χ2n) is 3.69. The summed E-state index contributed by atoms with van der Waals surface area (Å²) in [5, 5.41) is 11.3. The van der Waals surface area contributed by atoms with E-state index < -0.39 is 18.2 Å². The summed E-state index contributed by atoms with van der Waals surface area (Å²) in [7, 11) is 0. The molecule has 0 spiro atoms. The second kappa shape index (κ2) is 4.41. The normalized spacial score (nSPS) is 26.5. The van der Waals surface area contributed by atoms with Crippen LogP contribution in [0.2, 0.25) is 0 Å². The molecule has 5 heteroatoms. The van der Waals surface area contributed by atoms with Crippen molar-refractivity contribution < 1.29 is 19.4 Å². The van der Waals surface area contributed by atoms with Gasteiger partial charge in [0.2, 0.25) is 5.91 Å². The molecule has 1 aliphatic rings. The fraction of sp³-hybridized carbons (Fsp3) is 0.778. The lowest BCUT2D eigenvalue weighted by Gasteiger charge is -2.13. The topological polar surface area (TPSA) is 75.6 Å². The number of carbonyl (C=O) groups excluding carboxylic acids is 1. The van der Waals surface area contributed by atoms with Crippen LogP contribution in [0.25, 0.3) is 0 Å². The summed E-state index contributed by atoms with van der Waals surface area (Å²) in [5.74, 6) is -1.21. The molecule has 0 aromatic heterocycles. The Labute approximate surface area is 82.4 Å². The van der Waals surface area contributed by atoms with E-state index in [0.717, 1.165) is 0 Å². The van der Waals surface area contributed by atoms with E-state index in [1.165, 1.54) is 0 Å². The van der Waals surface area contributed by atoms with Gasteiger partial charge in [0.25, 0.3) is 0 Å². The lowest BCUT2D eigenvalue weighted by atomic mass is 10.2. The third-order valence-corrected chi connectivity index (χ3v) is 2.02. The number of hydrogen-bond acceptors (Lipinski definition) is 3. The Morgan fingerprint density at radius 1 is 1.36 bits per heavy atom. The van der Waals surface area contributed by atoms with Crippen LogP contribution in [0.4, 0.5) is 0 Å². The Hall–Kier alpha value is -1.10. The number of aliphatic carboxylic acids is 1. The van der Waals surface area contributed by atoms with Crippen LogP contribution >= 0.6 is 0 Å². The number of hydrogen-bond donors (Lipinski definition) is 2. The lowest BCUT2D eigenvalue weighted by molar-refractivity contribution is -0.151. The van der Waals surface area contributed by atoms with Crippen molar-refractivity contribution in [2.75, 3.05) is 0 Å². The van der Waals surface area contributed by atoms with Crippen molar-refractivity contribution in [2.24, 2.45) is 0 Å². The standard InChI is InChI=1S/C9H15NO4/c1-5(2)10-8(11)6-3-4-7(14-6)9(12)13/h5-7H,3-4H2,1-2H3,(H,10,11)(H,12,13)/t6-,7+/m0/s1. The van der Waals surface area contributed by atoms with Crippen molar-refractivity contribution in [3.05, 3.63) is 0 Å². The van der Waals surface area contributed by atoms with Gasteiger partial charge in [-0.05, 0) is 26.7 Å². The molecule has 1 saturated heterocycles. The molecule has 0 saturated carbocycles. The fourth-order valence-corrected chi connectivity index (χ4v) is 1.39. The SMILES string of the molecule is CC(C)NC(=O)[C@@H]1CC[C@H](C(=O)O)O1. The van der Waals surface area contributed by atoms with Crippen LogP contribution in [-0.2, 0) is 14.3 Å². The first-order chi connectivity index (χ1) is 6.50. The molecule has 1 aliphatic heterocycles. The second-order valence-corrected chi connectivity index (χ2v) is 3.69. The van der Waals surface area contributed by atoms with Gasteiger partial charge in [0.1, 0.15) is 6.10 Å². The maximum atomic E-state index is 11.4. The van der Waals surface area contributed by atoms with Crippen LogP contribution in [0.3, 0.4) is 0 Å². The molecule has 0 unspecified atom stereocenters. The average molecular weight is 201 g/mol. The average Bonchev–Trinajstić information content (AvgIpc) is 2.50. The highest BCUT2D eigenvalue weighted by Gasteiger charge is 2.34. The van der Waals surface area contributed by atoms with Crippen molar-refractivity contribution in [1.82, 2.24) is 5.32 Å². The molecule has 0 bridgehead atoms. The van der Waals surface area contributed by atoms with Crippen molar-refractivity contribution in [3.63, 3.8) is 0 Å². The van der Waals surface area contributed by atoms with Gasteiger partial charge in [0, 0.05) is 6.04 Å². The maximum absolute atomic E-state index is 11.4. The molecular formula is C9H15NO4. The number of carbonyl (C=O) groups is 2. The molecular weight excluding hydrogens is 186 g/mol. The van der Waals surface area contributed by atoms with E-state index in [2.05, 4.69) is 5.32 Å². The lowest BCUT2D eigenvalue weighted by Crippen LogP contribution is -2.39. The molecule has 2 N–H and O–H groups in total. The van der Waals surface area contributed by atoms with E-state index in [4.69, 9.17) is 9.84 Å². The van der Waals surface area contributed by atoms with Crippen molar-refractivity contribution in [3.8, 4) is 0 Å². The first kappa shape index (κ1) is 11.0. The monoisotopic (exact) mass is 201 g/mol. The first-order valence-electron chi connectivity index (χ1n) is 4.69. The Morgan fingerprint density at radius 2 is 1.93 bits per heavy atom. The predicted molar refractivity (Wildman–Crippen MR) is 48.8 cm³/mol. The molecule has 1 rings (SSSR count). The van der Waals surface area contributed by atoms with Crippen LogP contribution in [0.15, 0.2) is 0 Å². The van der Waals surface area contributed by atoms with Crippen molar-refractivity contribution in [2.45, 2.75) is 44.9 Å². The summed E-state index contributed by atoms with van der Waals surface area (Å²) in [5.41, 5.74) is 0. The van der Waals surface area contributed by atoms with Gasteiger partial charge in [-0.1, -0.05) is 0 Å². The highest BCUT2D eigenvalue weighted by molar-refractivity contribution is 5.82. The Balaban J connectivity index is 2.42. The molecule has 80 valence electrons. The van der Waals surface area contributed by atoms with Gasteiger partial charge in [-0.3, -0.25) is 4.79 Å². The predicted octanol–water partition coefficient (Wildman–Crippen LogP) is 0.143. The van der Waals surface area contributed by atoms with Crippen LogP contribution in [0.1, 0.15) is 26.7 Å². The molecule has 14 heavy (non-hydrogen) atoms. The van der Waals surface area contributed by atoms with Crippen LogP contribution in [-0.4, -0.2) is 35.2 Å². The molecule has 0 aliphatic carbocycles. The first-order valence-corrected chi connectivity index (χ1v) is 4.69.